The standard InChI is InChI=1S/C32H29ClF2N4O4/c1-2-28(34)27(29(35)19-7-4-3-5-8-19)18-43-24-12-20(11-22(33)14-24)25-13-21(26-16-37-32(42)38-30(26)40)17-39(31(25)41)23-9-6-10-36-15-23/h2,6,9-17,19H,3-5,7-8,18H2,1H3,(H2,37,38,40,42)/b28-2+,29-27+. The Bertz CT molecular complexity index is 1870. The molecule has 222 valence electrons. The number of hydrogen-bond acceptors (Lipinski definition) is 5. The molecule has 0 unspecified atom stereocenters. The van der Waals surface area contributed by atoms with E-state index in [4.69, 9.17) is 16.3 Å². The molecule has 8 nitrogen and oxygen atoms in total. The van der Waals surface area contributed by atoms with E-state index in [2.05, 4.69) is 15.0 Å². The highest BCUT2D eigenvalue weighted by Crippen LogP contribution is 2.35. The maximum Gasteiger partial charge on any atom is 0.325 e. The fourth-order valence-corrected chi connectivity index (χ4v) is 5.46. The number of halogens is 3. The number of hydrogen-bond donors (Lipinski definition) is 2. The number of ether oxygens (including phenoxy) is 1. The van der Waals surface area contributed by atoms with Crippen molar-refractivity contribution in [2.24, 2.45) is 5.92 Å². The van der Waals surface area contributed by atoms with Crippen molar-refractivity contribution in [2.75, 3.05) is 6.61 Å². The van der Waals surface area contributed by atoms with Gasteiger partial charge in [-0.1, -0.05) is 36.9 Å². The molecule has 0 amide bonds. The Labute approximate surface area is 250 Å². The van der Waals surface area contributed by atoms with E-state index < -0.39 is 28.5 Å². The van der Waals surface area contributed by atoms with Gasteiger partial charge in [0.2, 0.25) is 0 Å². The van der Waals surface area contributed by atoms with Crippen molar-refractivity contribution in [3.8, 4) is 33.7 Å². The molecule has 4 aromatic rings. The van der Waals surface area contributed by atoms with E-state index in [1.807, 2.05) is 0 Å². The van der Waals surface area contributed by atoms with Crippen molar-refractivity contribution in [3.05, 3.63) is 121 Å². The van der Waals surface area contributed by atoms with Crippen molar-refractivity contribution in [1.82, 2.24) is 19.5 Å². The molecule has 2 N–H and O–H groups in total. The topological polar surface area (TPSA) is 110 Å². The van der Waals surface area contributed by atoms with Crippen LogP contribution in [0.4, 0.5) is 8.78 Å². The molecule has 1 aromatic carbocycles. The Kier molecular flexibility index (Phi) is 9.16. The smallest absolute Gasteiger partial charge is 0.325 e. The number of H-pyrrole nitrogens is 2. The zero-order valence-corrected chi connectivity index (χ0v) is 24.1. The van der Waals surface area contributed by atoms with Crippen molar-refractivity contribution < 1.29 is 13.5 Å². The second-order valence-electron chi connectivity index (χ2n) is 10.3. The molecule has 1 aliphatic rings. The summed E-state index contributed by atoms with van der Waals surface area (Å²) in [5.74, 6) is -1.35. The molecule has 0 saturated heterocycles. The SMILES string of the molecule is C/C=C(F)\C(COc1cc(Cl)cc(-c2cc(-c3c[nH]c(=O)[nH]c3=O)cn(-c3cccnc3)c2=O)c1)=C(\F)C1CCCCC1. The highest BCUT2D eigenvalue weighted by Gasteiger charge is 2.24. The Morgan fingerprint density at radius 1 is 1.09 bits per heavy atom. The van der Waals surface area contributed by atoms with Crippen LogP contribution in [-0.4, -0.2) is 26.1 Å². The van der Waals surface area contributed by atoms with Crippen LogP contribution in [0.5, 0.6) is 5.75 Å². The van der Waals surface area contributed by atoms with Crippen molar-refractivity contribution in [2.45, 2.75) is 39.0 Å². The fourth-order valence-electron chi connectivity index (χ4n) is 5.23. The van der Waals surface area contributed by atoms with Gasteiger partial charge in [-0.15, -0.1) is 0 Å². The third-order valence-corrected chi connectivity index (χ3v) is 7.65. The largest absolute Gasteiger partial charge is 0.489 e. The summed E-state index contributed by atoms with van der Waals surface area (Å²) < 4.78 is 37.4. The Hall–Kier alpha value is -4.57. The van der Waals surface area contributed by atoms with Gasteiger partial charge in [-0.25, -0.2) is 13.6 Å². The summed E-state index contributed by atoms with van der Waals surface area (Å²) in [5.41, 5.74) is -0.533. The van der Waals surface area contributed by atoms with E-state index in [1.54, 1.807) is 30.5 Å². The van der Waals surface area contributed by atoms with E-state index >= 15 is 4.39 Å². The summed E-state index contributed by atoms with van der Waals surface area (Å²) in [6, 6.07) is 9.42. The Morgan fingerprint density at radius 3 is 2.58 bits per heavy atom. The number of rotatable bonds is 8. The third kappa shape index (κ3) is 6.75. The van der Waals surface area contributed by atoms with Crippen LogP contribution < -0.4 is 21.5 Å². The predicted octanol–water partition coefficient (Wildman–Crippen LogP) is 6.65. The van der Waals surface area contributed by atoms with Crippen molar-refractivity contribution >= 4 is 11.6 Å². The first-order chi connectivity index (χ1) is 20.7. The second kappa shape index (κ2) is 13.2. The summed E-state index contributed by atoms with van der Waals surface area (Å²) in [6.45, 7) is 1.12. The van der Waals surface area contributed by atoms with Crippen LogP contribution in [0.1, 0.15) is 39.0 Å². The lowest BCUT2D eigenvalue weighted by atomic mass is 9.86. The van der Waals surface area contributed by atoms with Crippen LogP contribution in [0.15, 0.2) is 98.9 Å². The van der Waals surface area contributed by atoms with E-state index in [-0.39, 0.29) is 40.0 Å². The van der Waals surface area contributed by atoms with Crippen LogP contribution in [0.3, 0.4) is 0 Å². The zero-order valence-electron chi connectivity index (χ0n) is 23.3. The minimum atomic E-state index is -0.691. The first-order valence-electron chi connectivity index (χ1n) is 13.9. The number of benzene rings is 1. The van der Waals surface area contributed by atoms with E-state index in [9.17, 15) is 18.8 Å². The average Bonchev–Trinajstić information content (AvgIpc) is 3.01. The number of aromatic amines is 2. The molecular formula is C32H29ClF2N4O4. The molecule has 43 heavy (non-hydrogen) atoms. The van der Waals surface area contributed by atoms with E-state index in [1.165, 1.54) is 48.3 Å². The molecule has 0 aliphatic heterocycles. The molecule has 0 atom stereocenters. The van der Waals surface area contributed by atoms with E-state index in [0.717, 1.165) is 19.3 Å². The summed E-state index contributed by atoms with van der Waals surface area (Å²) in [6.07, 6.45) is 11.1. The van der Waals surface area contributed by atoms with Crippen LogP contribution in [-0.2, 0) is 0 Å². The van der Waals surface area contributed by atoms with Crippen molar-refractivity contribution in [1.29, 1.82) is 0 Å². The molecule has 1 fully saturated rings. The maximum atomic E-state index is 15.4. The molecule has 0 radical (unpaired) electrons. The number of nitrogens with zero attached hydrogens (tertiary/aromatic N) is 2. The molecular weight excluding hydrogens is 578 g/mol. The highest BCUT2D eigenvalue weighted by molar-refractivity contribution is 6.31. The number of pyridine rings is 2. The Balaban J connectivity index is 1.58. The van der Waals surface area contributed by atoms with Gasteiger partial charge in [0.15, 0.2) is 0 Å². The van der Waals surface area contributed by atoms with Crippen LogP contribution in [0, 0.1) is 5.92 Å². The van der Waals surface area contributed by atoms with Gasteiger partial charge in [-0.2, -0.15) is 0 Å². The fraction of sp³-hybridized carbons (Fsp3) is 0.250. The van der Waals surface area contributed by atoms with Gasteiger partial charge in [0.05, 0.1) is 23.0 Å². The van der Waals surface area contributed by atoms with Crippen molar-refractivity contribution in [3.63, 3.8) is 0 Å². The van der Waals surface area contributed by atoms with Crippen LogP contribution in [0.2, 0.25) is 5.02 Å². The highest BCUT2D eigenvalue weighted by atomic mass is 35.5. The van der Waals surface area contributed by atoms with E-state index in [0.29, 0.717) is 29.7 Å². The summed E-state index contributed by atoms with van der Waals surface area (Å²) in [7, 11) is 0. The number of aromatic nitrogens is 4. The molecule has 5 rings (SSSR count). The first kappa shape index (κ1) is 29.9. The lowest BCUT2D eigenvalue weighted by molar-refractivity contribution is 0.313. The zero-order chi connectivity index (χ0) is 30.5. The molecule has 1 aliphatic carbocycles. The third-order valence-electron chi connectivity index (χ3n) is 7.43. The minimum absolute atomic E-state index is 0.117. The quantitative estimate of drug-likeness (QED) is 0.218. The number of allylic oxidation sites excluding steroid dienone is 2. The normalized spacial score (nSPS) is 14.8. The molecule has 0 spiro atoms. The lowest BCUT2D eigenvalue weighted by Crippen LogP contribution is -2.24. The van der Waals surface area contributed by atoms with Gasteiger partial charge in [-0.3, -0.25) is 24.1 Å². The summed E-state index contributed by atoms with van der Waals surface area (Å²) in [5, 5.41) is 0.219. The Morgan fingerprint density at radius 2 is 1.88 bits per heavy atom. The average molecular weight is 607 g/mol. The van der Waals surface area contributed by atoms with Crippen LogP contribution in [0.25, 0.3) is 27.9 Å². The molecule has 1 saturated carbocycles. The van der Waals surface area contributed by atoms with Crippen LogP contribution >= 0.6 is 11.6 Å². The van der Waals surface area contributed by atoms with Gasteiger partial charge in [0.1, 0.15) is 24.0 Å². The molecule has 3 heterocycles. The molecule has 0 bridgehead atoms. The second-order valence-corrected chi connectivity index (χ2v) is 10.7. The number of nitrogens with one attached hydrogen (secondary N) is 2. The van der Waals surface area contributed by atoms with Gasteiger partial charge in [-0.05, 0) is 61.7 Å². The first-order valence-corrected chi connectivity index (χ1v) is 14.3. The summed E-state index contributed by atoms with van der Waals surface area (Å²) in [4.78, 5) is 46.7. The summed E-state index contributed by atoms with van der Waals surface area (Å²) >= 11 is 6.43. The van der Waals surface area contributed by atoms with Gasteiger partial charge in [0, 0.05) is 40.7 Å². The van der Waals surface area contributed by atoms with Gasteiger partial charge in [0.25, 0.3) is 11.1 Å². The predicted molar refractivity (Wildman–Crippen MR) is 162 cm³/mol. The van der Waals surface area contributed by atoms with Gasteiger partial charge < -0.3 is 9.72 Å². The monoisotopic (exact) mass is 606 g/mol. The lowest BCUT2D eigenvalue weighted by Gasteiger charge is -2.22. The molecule has 3 aromatic heterocycles. The maximum absolute atomic E-state index is 15.4. The molecule has 11 heteroatoms. The van der Waals surface area contributed by atoms with Gasteiger partial charge >= 0.3 is 5.69 Å². The minimum Gasteiger partial charge on any atom is -0.489 e.